The second-order valence-corrected chi connectivity index (χ2v) is 10.8. The topological polar surface area (TPSA) is 72.3 Å². The number of aryl methyl sites for hydroxylation is 3. The van der Waals surface area contributed by atoms with E-state index in [2.05, 4.69) is 12.0 Å². The predicted molar refractivity (Wildman–Crippen MR) is 108 cm³/mol. The van der Waals surface area contributed by atoms with Crippen molar-refractivity contribution in [2.75, 3.05) is 18.6 Å². The SMILES string of the molecule is CCc1cc(C(=O)N(C)Cc2c(C)nn([C@@H]3CCS(=O)(=O)C3)c2C)sc1C. The number of sulfone groups is 1. The summed E-state index contributed by atoms with van der Waals surface area (Å²) in [5.41, 5.74) is 4.03. The number of thiophene rings is 1. The summed E-state index contributed by atoms with van der Waals surface area (Å²) in [6, 6.07) is 1.89. The minimum absolute atomic E-state index is 0.0118. The first kappa shape index (κ1) is 20.1. The Labute approximate surface area is 165 Å². The molecule has 27 heavy (non-hydrogen) atoms. The van der Waals surface area contributed by atoms with Gasteiger partial charge in [-0.15, -0.1) is 11.3 Å². The Hall–Kier alpha value is -1.67. The highest BCUT2D eigenvalue weighted by Gasteiger charge is 2.31. The van der Waals surface area contributed by atoms with Gasteiger partial charge in [-0.1, -0.05) is 6.92 Å². The maximum absolute atomic E-state index is 12.8. The highest BCUT2D eigenvalue weighted by Crippen LogP contribution is 2.28. The molecule has 0 radical (unpaired) electrons. The molecule has 2 aromatic rings. The molecule has 1 atom stereocenters. The Morgan fingerprint density at radius 1 is 1.37 bits per heavy atom. The van der Waals surface area contributed by atoms with Crippen molar-refractivity contribution in [2.45, 2.75) is 53.1 Å². The first-order chi connectivity index (χ1) is 12.6. The van der Waals surface area contributed by atoms with Gasteiger partial charge < -0.3 is 4.90 Å². The van der Waals surface area contributed by atoms with E-state index < -0.39 is 9.84 Å². The van der Waals surface area contributed by atoms with Crippen molar-refractivity contribution < 1.29 is 13.2 Å². The van der Waals surface area contributed by atoms with Crippen LogP contribution in [0.2, 0.25) is 0 Å². The fraction of sp³-hybridized carbons (Fsp3) is 0.579. The molecule has 0 bridgehead atoms. The van der Waals surface area contributed by atoms with Crippen LogP contribution in [0.15, 0.2) is 6.07 Å². The molecule has 3 rings (SSSR count). The molecule has 1 amide bonds. The second kappa shape index (κ2) is 7.39. The van der Waals surface area contributed by atoms with Gasteiger partial charge in [0.2, 0.25) is 0 Å². The Bertz CT molecular complexity index is 973. The van der Waals surface area contributed by atoms with Gasteiger partial charge in [0.15, 0.2) is 9.84 Å². The monoisotopic (exact) mass is 409 g/mol. The summed E-state index contributed by atoms with van der Waals surface area (Å²) in [6.45, 7) is 8.49. The molecule has 1 aliphatic heterocycles. The lowest BCUT2D eigenvalue weighted by Crippen LogP contribution is -2.26. The molecule has 0 saturated carbocycles. The van der Waals surface area contributed by atoms with E-state index in [0.717, 1.165) is 28.2 Å². The molecule has 0 N–H and O–H groups in total. The highest BCUT2D eigenvalue weighted by atomic mass is 32.2. The van der Waals surface area contributed by atoms with Crippen LogP contribution in [0.4, 0.5) is 0 Å². The van der Waals surface area contributed by atoms with Crippen molar-refractivity contribution in [2.24, 2.45) is 0 Å². The Balaban J connectivity index is 1.80. The lowest BCUT2D eigenvalue weighted by Gasteiger charge is -2.17. The normalized spacial score (nSPS) is 18.8. The van der Waals surface area contributed by atoms with Gasteiger partial charge in [-0.3, -0.25) is 9.48 Å². The van der Waals surface area contributed by atoms with Crippen LogP contribution in [0, 0.1) is 20.8 Å². The van der Waals surface area contributed by atoms with Gasteiger partial charge in [-0.25, -0.2) is 8.42 Å². The minimum Gasteiger partial charge on any atom is -0.337 e. The van der Waals surface area contributed by atoms with Crippen LogP contribution in [0.1, 0.15) is 56.4 Å². The summed E-state index contributed by atoms with van der Waals surface area (Å²) in [4.78, 5) is 16.5. The summed E-state index contributed by atoms with van der Waals surface area (Å²) in [7, 11) is -1.16. The number of amides is 1. The van der Waals surface area contributed by atoms with E-state index in [9.17, 15) is 13.2 Å². The number of rotatable bonds is 5. The molecule has 2 aromatic heterocycles. The third-order valence-electron chi connectivity index (χ3n) is 5.38. The van der Waals surface area contributed by atoms with E-state index in [4.69, 9.17) is 0 Å². The summed E-state index contributed by atoms with van der Waals surface area (Å²) in [5.74, 6) is 0.386. The zero-order valence-electron chi connectivity index (χ0n) is 16.6. The Morgan fingerprint density at radius 2 is 2.07 bits per heavy atom. The molecule has 148 valence electrons. The number of hydrogen-bond donors (Lipinski definition) is 0. The molecular formula is C19H27N3O3S2. The van der Waals surface area contributed by atoms with Crippen molar-refractivity contribution in [3.05, 3.63) is 38.3 Å². The molecule has 1 fully saturated rings. The van der Waals surface area contributed by atoms with E-state index in [1.807, 2.05) is 31.5 Å². The first-order valence-corrected chi connectivity index (χ1v) is 11.9. The number of hydrogen-bond acceptors (Lipinski definition) is 5. The quantitative estimate of drug-likeness (QED) is 0.761. The molecule has 0 unspecified atom stereocenters. The van der Waals surface area contributed by atoms with E-state index in [1.165, 1.54) is 10.4 Å². The largest absolute Gasteiger partial charge is 0.337 e. The summed E-state index contributed by atoms with van der Waals surface area (Å²) < 4.78 is 25.5. The maximum atomic E-state index is 12.8. The lowest BCUT2D eigenvalue weighted by molar-refractivity contribution is 0.0789. The zero-order chi connectivity index (χ0) is 19.9. The van der Waals surface area contributed by atoms with Crippen molar-refractivity contribution >= 4 is 27.1 Å². The summed E-state index contributed by atoms with van der Waals surface area (Å²) >= 11 is 1.54. The molecule has 0 aromatic carbocycles. The van der Waals surface area contributed by atoms with E-state index >= 15 is 0 Å². The second-order valence-electron chi connectivity index (χ2n) is 7.36. The maximum Gasteiger partial charge on any atom is 0.263 e. The molecule has 8 heteroatoms. The van der Waals surface area contributed by atoms with Gasteiger partial charge >= 0.3 is 0 Å². The van der Waals surface area contributed by atoms with Gasteiger partial charge in [0, 0.05) is 29.7 Å². The van der Waals surface area contributed by atoms with Crippen molar-refractivity contribution in [3.8, 4) is 0 Å². The molecule has 0 spiro atoms. The fourth-order valence-corrected chi connectivity index (χ4v) is 6.52. The average molecular weight is 410 g/mol. The highest BCUT2D eigenvalue weighted by molar-refractivity contribution is 7.91. The smallest absolute Gasteiger partial charge is 0.263 e. The van der Waals surface area contributed by atoms with Crippen LogP contribution >= 0.6 is 11.3 Å². The molecule has 3 heterocycles. The molecule has 1 saturated heterocycles. The van der Waals surface area contributed by atoms with Crippen LogP contribution in [-0.2, 0) is 22.8 Å². The van der Waals surface area contributed by atoms with Crippen LogP contribution in [-0.4, -0.2) is 47.6 Å². The summed E-state index contributed by atoms with van der Waals surface area (Å²) in [5, 5.41) is 4.59. The van der Waals surface area contributed by atoms with Gasteiger partial charge in [-0.05, 0) is 45.2 Å². The Kier molecular flexibility index (Phi) is 5.49. The van der Waals surface area contributed by atoms with Gasteiger partial charge in [-0.2, -0.15) is 5.10 Å². The molecular weight excluding hydrogens is 382 g/mol. The van der Waals surface area contributed by atoms with Gasteiger partial charge in [0.1, 0.15) is 0 Å². The number of carbonyl (C=O) groups excluding carboxylic acids is 1. The lowest BCUT2D eigenvalue weighted by atomic mass is 10.1. The van der Waals surface area contributed by atoms with E-state index in [-0.39, 0.29) is 23.5 Å². The van der Waals surface area contributed by atoms with Crippen molar-refractivity contribution in [1.29, 1.82) is 0 Å². The molecule has 1 aliphatic rings. The van der Waals surface area contributed by atoms with Gasteiger partial charge in [0.05, 0.1) is 28.1 Å². The number of carbonyl (C=O) groups is 1. The van der Waals surface area contributed by atoms with Crippen molar-refractivity contribution in [1.82, 2.24) is 14.7 Å². The van der Waals surface area contributed by atoms with E-state index in [1.54, 1.807) is 23.3 Å². The standard InChI is InChI=1S/C19H27N3O3S2/c1-6-15-9-18(26-14(15)4)19(23)21(5)10-17-12(2)20-22(13(17)3)16-7-8-27(24,25)11-16/h9,16H,6-8,10-11H2,1-5H3/t16-/m1/s1. The predicted octanol–water partition coefficient (Wildman–Crippen LogP) is 3.06. The van der Waals surface area contributed by atoms with Crippen LogP contribution < -0.4 is 0 Å². The summed E-state index contributed by atoms with van der Waals surface area (Å²) in [6.07, 6.45) is 1.53. The number of nitrogens with zero attached hydrogens (tertiary/aromatic N) is 3. The third kappa shape index (κ3) is 3.96. The first-order valence-electron chi connectivity index (χ1n) is 9.22. The van der Waals surface area contributed by atoms with Crippen LogP contribution in [0.25, 0.3) is 0 Å². The number of aromatic nitrogens is 2. The third-order valence-corrected chi connectivity index (χ3v) is 8.21. The van der Waals surface area contributed by atoms with Gasteiger partial charge in [0.25, 0.3) is 5.91 Å². The molecule has 6 nitrogen and oxygen atoms in total. The Morgan fingerprint density at radius 3 is 2.63 bits per heavy atom. The van der Waals surface area contributed by atoms with Crippen LogP contribution in [0.3, 0.4) is 0 Å². The fourth-order valence-electron chi connectivity index (χ4n) is 3.72. The molecule has 0 aliphatic carbocycles. The minimum atomic E-state index is -2.96. The average Bonchev–Trinajstić information content (AvgIpc) is 3.24. The zero-order valence-corrected chi connectivity index (χ0v) is 18.2. The van der Waals surface area contributed by atoms with E-state index in [0.29, 0.717) is 13.0 Å². The van der Waals surface area contributed by atoms with Crippen molar-refractivity contribution in [3.63, 3.8) is 0 Å². The van der Waals surface area contributed by atoms with Crippen LogP contribution in [0.5, 0.6) is 0 Å².